The first-order chi connectivity index (χ1) is 9.70. The standard InChI is InChI=1S/C16H14ClN3/c1-10-6-5-8-12(14(10)17)16-19-13-9-4-3-7-11(13)15(18-2)20-16/h3-9H,1-2H3,(H,18,19,20). The van der Waals surface area contributed by atoms with Gasteiger partial charge in [0.05, 0.1) is 10.5 Å². The Labute approximate surface area is 122 Å². The van der Waals surface area contributed by atoms with Gasteiger partial charge in [-0.25, -0.2) is 9.97 Å². The Balaban J connectivity index is 2.29. The lowest BCUT2D eigenvalue weighted by Crippen LogP contribution is -1.99. The molecule has 0 amide bonds. The molecule has 3 rings (SSSR count). The molecule has 0 atom stereocenters. The van der Waals surface area contributed by atoms with Crippen LogP contribution < -0.4 is 5.32 Å². The van der Waals surface area contributed by atoms with Crippen molar-refractivity contribution in [3.05, 3.63) is 53.1 Å². The van der Waals surface area contributed by atoms with Gasteiger partial charge in [0.1, 0.15) is 5.82 Å². The van der Waals surface area contributed by atoms with Crippen LogP contribution in [0.5, 0.6) is 0 Å². The molecule has 0 aliphatic carbocycles. The van der Waals surface area contributed by atoms with Crippen LogP contribution in [0.4, 0.5) is 5.82 Å². The van der Waals surface area contributed by atoms with E-state index >= 15 is 0 Å². The molecule has 0 bridgehead atoms. The highest BCUT2D eigenvalue weighted by Crippen LogP contribution is 2.30. The summed E-state index contributed by atoms with van der Waals surface area (Å²) >= 11 is 6.37. The van der Waals surface area contributed by atoms with Gasteiger partial charge in [-0.3, -0.25) is 0 Å². The molecule has 20 heavy (non-hydrogen) atoms. The number of fused-ring (bicyclic) bond motifs is 1. The van der Waals surface area contributed by atoms with Crippen molar-refractivity contribution in [1.29, 1.82) is 0 Å². The number of anilines is 1. The van der Waals surface area contributed by atoms with Crippen molar-refractivity contribution in [2.75, 3.05) is 12.4 Å². The van der Waals surface area contributed by atoms with Gasteiger partial charge in [-0.05, 0) is 30.7 Å². The van der Waals surface area contributed by atoms with Gasteiger partial charge >= 0.3 is 0 Å². The average Bonchev–Trinajstić information content (AvgIpc) is 2.49. The van der Waals surface area contributed by atoms with Gasteiger partial charge in [0.2, 0.25) is 0 Å². The summed E-state index contributed by atoms with van der Waals surface area (Å²) in [5, 5.41) is 4.82. The first-order valence-electron chi connectivity index (χ1n) is 6.40. The number of halogens is 1. The quantitative estimate of drug-likeness (QED) is 0.762. The van der Waals surface area contributed by atoms with E-state index in [0.717, 1.165) is 27.8 Å². The van der Waals surface area contributed by atoms with E-state index in [1.54, 1.807) is 0 Å². The largest absolute Gasteiger partial charge is 0.373 e. The lowest BCUT2D eigenvalue weighted by atomic mass is 10.1. The van der Waals surface area contributed by atoms with E-state index in [1.165, 1.54) is 0 Å². The van der Waals surface area contributed by atoms with Crippen LogP contribution >= 0.6 is 11.6 Å². The zero-order valence-corrected chi connectivity index (χ0v) is 12.1. The minimum Gasteiger partial charge on any atom is -0.373 e. The zero-order valence-electron chi connectivity index (χ0n) is 11.3. The van der Waals surface area contributed by atoms with Crippen LogP contribution in [-0.2, 0) is 0 Å². The molecule has 0 saturated heterocycles. The van der Waals surface area contributed by atoms with Crippen LogP contribution in [0.2, 0.25) is 5.02 Å². The second-order valence-electron chi connectivity index (χ2n) is 4.60. The molecule has 2 aromatic carbocycles. The monoisotopic (exact) mass is 283 g/mol. The number of aromatic nitrogens is 2. The zero-order chi connectivity index (χ0) is 14.1. The van der Waals surface area contributed by atoms with E-state index in [0.29, 0.717) is 10.8 Å². The molecule has 0 saturated carbocycles. The summed E-state index contributed by atoms with van der Waals surface area (Å²) in [6.45, 7) is 1.98. The molecule has 1 N–H and O–H groups in total. The van der Waals surface area contributed by atoms with Gasteiger partial charge in [-0.15, -0.1) is 0 Å². The van der Waals surface area contributed by atoms with Crippen molar-refractivity contribution in [1.82, 2.24) is 9.97 Å². The summed E-state index contributed by atoms with van der Waals surface area (Å²) in [6, 6.07) is 13.8. The summed E-state index contributed by atoms with van der Waals surface area (Å²) in [4.78, 5) is 9.21. The Morgan fingerprint density at radius 2 is 1.80 bits per heavy atom. The fraction of sp³-hybridized carbons (Fsp3) is 0.125. The maximum atomic E-state index is 6.37. The molecule has 3 aromatic rings. The maximum Gasteiger partial charge on any atom is 0.163 e. The van der Waals surface area contributed by atoms with Gasteiger partial charge < -0.3 is 5.32 Å². The van der Waals surface area contributed by atoms with Crippen LogP contribution in [0.3, 0.4) is 0 Å². The van der Waals surface area contributed by atoms with Crippen LogP contribution in [-0.4, -0.2) is 17.0 Å². The highest BCUT2D eigenvalue weighted by Gasteiger charge is 2.11. The number of para-hydroxylation sites is 1. The number of benzene rings is 2. The normalized spacial score (nSPS) is 10.8. The summed E-state index contributed by atoms with van der Waals surface area (Å²) < 4.78 is 0. The van der Waals surface area contributed by atoms with E-state index in [9.17, 15) is 0 Å². The predicted octanol–water partition coefficient (Wildman–Crippen LogP) is 4.30. The molecule has 0 fully saturated rings. The smallest absolute Gasteiger partial charge is 0.163 e. The third-order valence-electron chi connectivity index (χ3n) is 3.27. The number of rotatable bonds is 2. The first kappa shape index (κ1) is 12.9. The van der Waals surface area contributed by atoms with Crippen molar-refractivity contribution < 1.29 is 0 Å². The molecule has 0 aliphatic rings. The van der Waals surface area contributed by atoms with E-state index in [-0.39, 0.29) is 0 Å². The summed E-state index contributed by atoms with van der Waals surface area (Å²) in [6.07, 6.45) is 0. The molecular weight excluding hydrogens is 270 g/mol. The van der Waals surface area contributed by atoms with Gasteiger partial charge in [0.25, 0.3) is 0 Å². The van der Waals surface area contributed by atoms with Crippen molar-refractivity contribution in [2.24, 2.45) is 0 Å². The molecule has 0 radical (unpaired) electrons. The second-order valence-corrected chi connectivity index (χ2v) is 4.98. The van der Waals surface area contributed by atoms with Crippen molar-refractivity contribution in [2.45, 2.75) is 6.92 Å². The molecule has 3 nitrogen and oxygen atoms in total. The number of nitrogens with zero attached hydrogens (tertiary/aromatic N) is 2. The van der Waals surface area contributed by atoms with E-state index in [2.05, 4.69) is 15.3 Å². The van der Waals surface area contributed by atoms with E-state index in [4.69, 9.17) is 11.6 Å². The first-order valence-corrected chi connectivity index (χ1v) is 6.78. The third kappa shape index (κ3) is 2.10. The minimum absolute atomic E-state index is 0.641. The molecule has 0 spiro atoms. The summed E-state index contributed by atoms with van der Waals surface area (Å²) in [5.74, 6) is 1.45. The number of nitrogens with one attached hydrogen (secondary N) is 1. The summed E-state index contributed by atoms with van der Waals surface area (Å²) in [7, 11) is 1.86. The minimum atomic E-state index is 0.641. The van der Waals surface area contributed by atoms with Crippen LogP contribution in [0.25, 0.3) is 22.3 Å². The molecule has 4 heteroatoms. The second kappa shape index (κ2) is 5.10. The Morgan fingerprint density at radius 1 is 1.00 bits per heavy atom. The van der Waals surface area contributed by atoms with Crippen LogP contribution in [0.15, 0.2) is 42.5 Å². The molecule has 1 aromatic heterocycles. The van der Waals surface area contributed by atoms with Gasteiger partial charge in [-0.2, -0.15) is 0 Å². The van der Waals surface area contributed by atoms with Gasteiger partial charge in [-0.1, -0.05) is 35.9 Å². The number of hydrogen-bond acceptors (Lipinski definition) is 3. The predicted molar refractivity (Wildman–Crippen MR) is 84.3 cm³/mol. The lowest BCUT2D eigenvalue weighted by Gasteiger charge is -2.10. The van der Waals surface area contributed by atoms with Crippen molar-refractivity contribution >= 4 is 28.3 Å². The number of aryl methyl sites for hydroxylation is 1. The van der Waals surface area contributed by atoms with Crippen LogP contribution in [0, 0.1) is 6.92 Å². The van der Waals surface area contributed by atoms with Crippen molar-refractivity contribution in [3.8, 4) is 11.4 Å². The molecule has 1 heterocycles. The van der Waals surface area contributed by atoms with Gasteiger partial charge in [0, 0.05) is 18.0 Å². The summed E-state index contributed by atoms with van der Waals surface area (Å²) in [5.41, 5.74) is 2.78. The Bertz CT molecular complexity index is 784. The third-order valence-corrected chi connectivity index (χ3v) is 3.77. The fourth-order valence-electron chi connectivity index (χ4n) is 2.21. The topological polar surface area (TPSA) is 37.8 Å². The Kier molecular flexibility index (Phi) is 3.28. The molecule has 100 valence electrons. The lowest BCUT2D eigenvalue weighted by molar-refractivity contribution is 1.21. The highest BCUT2D eigenvalue weighted by molar-refractivity contribution is 6.34. The van der Waals surface area contributed by atoms with Gasteiger partial charge in [0.15, 0.2) is 5.82 Å². The van der Waals surface area contributed by atoms with E-state index in [1.807, 2.05) is 56.4 Å². The Hall–Kier alpha value is -2.13. The maximum absolute atomic E-state index is 6.37. The average molecular weight is 284 g/mol. The SMILES string of the molecule is CNc1nc(-c2cccc(C)c2Cl)nc2ccccc12. The molecule has 0 unspecified atom stereocenters. The fourth-order valence-corrected chi connectivity index (χ4v) is 2.42. The molecule has 0 aliphatic heterocycles. The van der Waals surface area contributed by atoms with Crippen molar-refractivity contribution in [3.63, 3.8) is 0 Å². The molecular formula is C16H14ClN3. The Morgan fingerprint density at radius 3 is 2.60 bits per heavy atom. The van der Waals surface area contributed by atoms with E-state index < -0.39 is 0 Å². The highest BCUT2D eigenvalue weighted by atomic mass is 35.5. The number of hydrogen-bond donors (Lipinski definition) is 1. The van der Waals surface area contributed by atoms with Crippen LogP contribution in [0.1, 0.15) is 5.56 Å².